The molecule has 2 aromatic rings. The van der Waals surface area contributed by atoms with Crippen LogP contribution >= 0.6 is 11.6 Å². The normalized spacial score (nSPS) is 12.0. The Balaban J connectivity index is 2.90. The first-order chi connectivity index (χ1) is 7.82. The molecule has 2 heterocycles. The van der Waals surface area contributed by atoms with E-state index in [0.29, 0.717) is 0 Å². The Morgan fingerprint density at radius 3 is 2.65 bits per heavy atom. The van der Waals surface area contributed by atoms with Crippen LogP contribution in [0.15, 0.2) is 18.3 Å². The molecule has 2 rings (SSSR count). The van der Waals surface area contributed by atoms with Gasteiger partial charge in [-0.1, -0.05) is 11.6 Å². The van der Waals surface area contributed by atoms with Crippen LogP contribution in [0.5, 0.6) is 0 Å². The fourth-order valence-electron chi connectivity index (χ4n) is 1.44. The minimum Gasteiger partial charge on any atom is -0.476 e. The number of imidazole rings is 1. The number of pyridine rings is 1. The summed E-state index contributed by atoms with van der Waals surface area (Å²) < 4.78 is 38.6. The van der Waals surface area contributed by atoms with Gasteiger partial charge in [-0.25, -0.2) is 9.78 Å². The number of carbonyl (C=O) groups is 1. The first-order valence-electron chi connectivity index (χ1n) is 4.29. The van der Waals surface area contributed by atoms with Crippen molar-refractivity contribution in [3.63, 3.8) is 0 Å². The predicted octanol–water partition coefficient (Wildman–Crippen LogP) is 2.70. The summed E-state index contributed by atoms with van der Waals surface area (Å²) in [4.78, 5) is 14.1. The molecule has 0 saturated carbocycles. The summed E-state index contributed by atoms with van der Waals surface area (Å²) in [6.45, 7) is 0. The second-order valence-corrected chi connectivity index (χ2v) is 3.57. The van der Waals surface area contributed by atoms with Crippen molar-refractivity contribution in [3.8, 4) is 0 Å². The Morgan fingerprint density at radius 2 is 2.12 bits per heavy atom. The minimum atomic E-state index is -4.84. The van der Waals surface area contributed by atoms with Crippen molar-refractivity contribution >= 4 is 23.2 Å². The largest absolute Gasteiger partial charge is 0.476 e. The molecule has 0 radical (unpaired) electrons. The summed E-state index contributed by atoms with van der Waals surface area (Å²) in [6.07, 6.45) is -3.68. The van der Waals surface area contributed by atoms with Crippen LogP contribution in [-0.2, 0) is 6.18 Å². The summed E-state index contributed by atoms with van der Waals surface area (Å²) in [6, 6.07) is 2.67. The number of nitrogens with zero attached hydrogens (tertiary/aromatic N) is 2. The molecule has 4 nitrogen and oxygen atoms in total. The van der Waals surface area contributed by atoms with Crippen LogP contribution in [0.1, 0.15) is 16.2 Å². The lowest BCUT2D eigenvalue weighted by Gasteiger charge is -2.03. The number of aromatic carboxylic acids is 1. The van der Waals surface area contributed by atoms with Gasteiger partial charge in [0.2, 0.25) is 0 Å². The lowest BCUT2D eigenvalue weighted by Crippen LogP contribution is -2.13. The zero-order valence-corrected chi connectivity index (χ0v) is 8.75. The third-order valence-corrected chi connectivity index (χ3v) is 2.37. The number of rotatable bonds is 1. The molecule has 0 aliphatic carbocycles. The van der Waals surface area contributed by atoms with Crippen molar-refractivity contribution < 1.29 is 23.1 Å². The first kappa shape index (κ1) is 11.7. The van der Waals surface area contributed by atoms with Gasteiger partial charge in [0.05, 0.1) is 5.02 Å². The summed E-state index contributed by atoms with van der Waals surface area (Å²) in [5, 5.41) is 8.75. The molecular weight excluding hydrogens is 261 g/mol. The highest BCUT2D eigenvalue weighted by Gasteiger charge is 2.40. The van der Waals surface area contributed by atoms with Crippen molar-refractivity contribution in [1.82, 2.24) is 9.38 Å². The fourth-order valence-corrected chi connectivity index (χ4v) is 1.64. The molecule has 17 heavy (non-hydrogen) atoms. The van der Waals surface area contributed by atoms with Gasteiger partial charge in [-0.2, -0.15) is 13.2 Å². The van der Waals surface area contributed by atoms with E-state index >= 15 is 0 Å². The van der Waals surface area contributed by atoms with Gasteiger partial charge < -0.3 is 5.11 Å². The maximum atomic E-state index is 12.6. The zero-order chi connectivity index (χ0) is 12.8. The molecule has 0 saturated heterocycles. The molecule has 0 aliphatic heterocycles. The Hall–Kier alpha value is -1.76. The average Bonchev–Trinajstić information content (AvgIpc) is 2.57. The van der Waals surface area contributed by atoms with Gasteiger partial charge in [0, 0.05) is 6.20 Å². The number of aromatic nitrogens is 2. The highest BCUT2D eigenvalue weighted by atomic mass is 35.5. The maximum Gasteiger partial charge on any atom is 0.435 e. The highest BCUT2D eigenvalue weighted by Crippen LogP contribution is 2.33. The van der Waals surface area contributed by atoms with Crippen LogP contribution in [0.4, 0.5) is 13.2 Å². The maximum absolute atomic E-state index is 12.6. The number of alkyl halides is 3. The quantitative estimate of drug-likeness (QED) is 0.861. The molecule has 0 amide bonds. The Bertz CT molecular complexity index is 606. The van der Waals surface area contributed by atoms with Crippen molar-refractivity contribution in [2.24, 2.45) is 0 Å². The van der Waals surface area contributed by atoms with Gasteiger partial charge in [0.1, 0.15) is 0 Å². The van der Waals surface area contributed by atoms with Crippen LogP contribution in [0.25, 0.3) is 5.65 Å². The Morgan fingerprint density at radius 1 is 1.47 bits per heavy atom. The summed E-state index contributed by atoms with van der Waals surface area (Å²) in [5.41, 5.74) is -2.65. The lowest BCUT2D eigenvalue weighted by molar-refractivity contribution is -0.141. The minimum absolute atomic E-state index is 0.0505. The molecule has 0 fully saturated rings. The van der Waals surface area contributed by atoms with Crippen LogP contribution in [0, 0.1) is 0 Å². The second kappa shape index (κ2) is 3.63. The zero-order valence-electron chi connectivity index (χ0n) is 7.99. The third-order valence-electron chi connectivity index (χ3n) is 2.07. The van der Waals surface area contributed by atoms with Crippen molar-refractivity contribution in [2.75, 3.05) is 0 Å². The highest BCUT2D eigenvalue weighted by molar-refractivity contribution is 6.33. The van der Waals surface area contributed by atoms with Gasteiger partial charge in [-0.15, -0.1) is 0 Å². The van der Waals surface area contributed by atoms with E-state index in [1.165, 1.54) is 12.1 Å². The summed E-state index contributed by atoms with van der Waals surface area (Å²) >= 11 is 5.65. The molecule has 1 N–H and O–H groups in total. The molecule has 0 unspecified atom stereocenters. The number of fused-ring (bicyclic) bond motifs is 1. The molecule has 0 bridgehead atoms. The topological polar surface area (TPSA) is 54.6 Å². The molecule has 0 aromatic carbocycles. The molecule has 0 aliphatic rings. The molecule has 0 atom stereocenters. The van der Waals surface area contributed by atoms with Crippen LogP contribution in [0.3, 0.4) is 0 Å². The number of hydrogen-bond donors (Lipinski definition) is 1. The Kier molecular flexibility index (Phi) is 2.50. The SMILES string of the molecule is O=C(O)c1c(C(F)(F)F)nc2c(Cl)cccn12. The van der Waals surface area contributed by atoms with Crippen LogP contribution in [-0.4, -0.2) is 20.5 Å². The molecule has 0 spiro atoms. The number of carboxylic acids is 1. The monoisotopic (exact) mass is 264 g/mol. The van der Waals surface area contributed by atoms with E-state index in [1.807, 2.05) is 0 Å². The third kappa shape index (κ3) is 1.82. The summed E-state index contributed by atoms with van der Waals surface area (Å²) in [7, 11) is 0. The van der Waals surface area contributed by atoms with E-state index in [1.54, 1.807) is 0 Å². The first-order valence-corrected chi connectivity index (χ1v) is 4.67. The Labute approximate surface area is 97.3 Å². The average molecular weight is 265 g/mol. The number of hydrogen-bond acceptors (Lipinski definition) is 2. The predicted molar refractivity (Wildman–Crippen MR) is 52.2 cm³/mol. The van der Waals surface area contributed by atoms with E-state index in [9.17, 15) is 18.0 Å². The van der Waals surface area contributed by atoms with Crippen molar-refractivity contribution in [3.05, 3.63) is 34.7 Å². The number of halogens is 4. The van der Waals surface area contributed by atoms with E-state index in [0.717, 1.165) is 10.6 Å². The lowest BCUT2D eigenvalue weighted by atomic mass is 10.3. The van der Waals surface area contributed by atoms with E-state index in [-0.39, 0.29) is 10.7 Å². The number of carboxylic acid groups (broad SMARTS) is 1. The molecule has 8 heteroatoms. The smallest absolute Gasteiger partial charge is 0.435 e. The molecule has 2 aromatic heterocycles. The summed E-state index contributed by atoms with van der Waals surface area (Å²) in [5.74, 6) is -1.72. The molecule has 90 valence electrons. The second-order valence-electron chi connectivity index (χ2n) is 3.16. The van der Waals surface area contributed by atoms with E-state index in [4.69, 9.17) is 16.7 Å². The molecular formula is C9H4ClF3N2O2. The van der Waals surface area contributed by atoms with E-state index < -0.39 is 23.5 Å². The van der Waals surface area contributed by atoms with Gasteiger partial charge in [-0.05, 0) is 12.1 Å². The van der Waals surface area contributed by atoms with Crippen molar-refractivity contribution in [1.29, 1.82) is 0 Å². The van der Waals surface area contributed by atoms with E-state index in [2.05, 4.69) is 4.98 Å². The standard InChI is InChI=1S/C9H4ClF3N2O2/c10-4-2-1-3-15-5(8(16)17)6(9(11,12)13)14-7(4)15/h1-3H,(H,16,17). The fraction of sp³-hybridized carbons (Fsp3) is 0.111. The van der Waals surface area contributed by atoms with Crippen LogP contribution in [0.2, 0.25) is 5.02 Å². The van der Waals surface area contributed by atoms with Crippen molar-refractivity contribution in [2.45, 2.75) is 6.18 Å². The van der Waals surface area contributed by atoms with Gasteiger partial charge in [0.25, 0.3) is 0 Å². The van der Waals surface area contributed by atoms with Gasteiger partial charge in [-0.3, -0.25) is 4.40 Å². The van der Waals surface area contributed by atoms with Gasteiger partial charge >= 0.3 is 12.1 Å². The van der Waals surface area contributed by atoms with Crippen LogP contribution < -0.4 is 0 Å². The van der Waals surface area contributed by atoms with Gasteiger partial charge in [0.15, 0.2) is 17.0 Å².